The van der Waals surface area contributed by atoms with E-state index < -0.39 is 0 Å². The highest BCUT2D eigenvalue weighted by molar-refractivity contribution is 5.75. The minimum absolute atomic E-state index is 0.102. The number of amides is 2. The average Bonchev–Trinajstić information content (AvgIpc) is 2.81. The molecule has 1 aliphatic heterocycles. The molecule has 4 nitrogen and oxygen atoms in total. The van der Waals surface area contributed by atoms with Crippen molar-refractivity contribution in [1.29, 1.82) is 0 Å². The van der Waals surface area contributed by atoms with E-state index in [1.165, 1.54) is 25.7 Å². The molecule has 1 saturated heterocycles. The molecule has 0 aromatic rings. The van der Waals surface area contributed by atoms with Gasteiger partial charge in [0.05, 0.1) is 12.6 Å². The molecule has 2 amide bonds. The molecule has 1 N–H and O–H groups in total. The summed E-state index contributed by atoms with van der Waals surface area (Å²) in [4.78, 5) is 14.4. The number of hydrogen-bond acceptors (Lipinski definition) is 2. The van der Waals surface area contributed by atoms with Crippen LogP contribution in [0.15, 0.2) is 0 Å². The third-order valence-electron chi connectivity index (χ3n) is 4.72. The first-order valence-electron chi connectivity index (χ1n) is 7.66. The van der Waals surface area contributed by atoms with Gasteiger partial charge in [-0.2, -0.15) is 0 Å². The fraction of sp³-hybridized carbons (Fsp3) is 0.933. The normalized spacial score (nSPS) is 28.3. The summed E-state index contributed by atoms with van der Waals surface area (Å²) in [5.74, 6) is 1.90. The van der Waals surface area contributed by atoms with Crippen LogP contribution in [-0.4, -0.2) is 43.8 Å². The van der Waals surface area contributed by atoms with E-state index in [1.54, 1.807) is 7.11 Å². The van der Waals surface area contributed by atoms with E-state index in [9.17, 15) is 4.79 Å². The van der Waals surface area contributed by atoms with Crippen molar-refractivity contribution in [3.63, 3.8) is 0 Å². The molecule has 0 spiro atoms. The molecule has 19 heavy (non-hydrogen) atoms. The number of carbonyl (C=O) groups is 1. The maximum absolute atomic E-state index is 12.3. The molecule has 0 aromatic heterocycles. The topological polar surface area (TPSA) is 41.6 Å². The van der Waals surface area contributed by atoms with Crippen LogP contribution in [-0.2, 0) is 4.74 Å². The van der Waals surface area contributed by atoms with E-state index in [0.717, 1.165) is 24.9 Å². The second kappa shape index (κ2) is 6.60. The van der Waals surface area contributed by atoms with Crippen LogP contribution >= 0.6 is 0 Å². The Kier molecular flexibility index (Phi) is 5.08. The van der Waals surface area contributed by atoms with E-state index in [4.69, 9.17) is 4.74 Å². The van der Waals surface area contributed by atoms with Gasteiger partial charge in [0.2, 0.25) is 0 Å². The minimum Gasteiger partial charge on any atom is -0.383 e. The number of methoxy groups -OCH3 is 1. The summed E-state index contributed by atoms with van der Waals surface area (Å²) >= 11 is 0. The molecule has 2 rings (SSSR count). The number of fused-ring (bicyclic) bond motifs is 1. The molecule has 0 bridgehead atoms. The molecule has 1 heterocycles. The van der Waals surface area contributed by atoms with Gasteiger partial charge in [-0.3, -0.25) is 0 Å². The first-order valence-corrected chi connectivity index (χ1v) is 7.66. The van der Waals surface area contributed by atoms with Crippen LogP contribution in [0.3, 0.4) is 0 Å². The van der Waals surface area contributed by atoms with Gasteiger partial charge in [0.25, 0.3) is 0 Å². The Morgan fingerprint density at radius 1 is 1.26 bits per heavy atom. The molecule has 0 unspecified atom stereocenters. The number of nitrogens with zero attached hydrogens (tertiary/aromatic N) is 1. The first kappa shape index (κ1) is 14.6. The summed E-state index contributed by atoms with van der Waals surface area (Å²) in [6, 6.07) is 0.213. The van der Waals surface area contributed by atoms with Crippen LogP contribution < -0.4 is 5.32 Å². The molecule has 2 aliphatic rings. The van der Waals surface area contributed by atoms with Crippen molar-refractivity contribution in [1.82, 2.24) is 10.2 Å². The van der Waals surface area contributed by atoms with Crippen LogP contribution in [0.4, 0.5) is 4.79 Å². The predicted octanol–water partition coefficient (Wildman–Crippen LogP) is 2.49. The maximum Gasteiger partial charge on any atom is 0.317 e. The van der Waals surface area contributed by atoms with Gasteiger partial charge < -0.3 is 15.0 Å². The zero-order valence-electron chi connectivity index (χ0n) is 12.5. The fourth-order valence-electron chi connectivity index (χ4n) is 3.40. The largest absolute Gasteiger partial charge is 0.383 e. The Hall–Kier alpha value is -0.770. The second-order valence-electron chi connectivity index (χ2n) is 6.46. The van der Waals surface area contributed by atoms with Gasteiger partial charge in [0, 0.05) is 20.2 Å². The van der Waals surface area contributed by atoms with Crippen molar-refractivity contribution in [3.8, 4) is 0 Å². The van der Waals surface area contributed by atoms with E-state index in [-0.39, 0.29) is 12.1 Å². The highest BCUT2D eigenvalue weighted by Crippen LogP contribution is 2.35. The number of ether oxygens (including phenoxy) is 1. The van der Waals surface area contributed by atoms with Crippen LogP contribution in [0.5, 0.6) is 0 Å². The van der Waals surface area contributed by atoms with Gasteiger partial charge in [-0.05, 0) is 30.6 Å². The van der Waals surface area contributed by atoms with Gasteiger partial charge in [-0.25, -0.2) is 4.79 Å². The molecular weight excluding hydrogens is 240 g/mol. The van der Waals surface area contributed by atoms with Gasteiger partial charge in [0.1, 0.15) is 0 Å². The predicted molar refractivity (Wildman–Crippen MR) is 76.1 cm³/mol. The first-order chi connectivity index (χ1) is 9.11. The summed E-state index contributed by atoms with van der Waals surface area (Å²) in [7, 11) is 1.69. The van der Waals surface area contributed by atoms with Crippen LogP contribution in [0.2, 0.25) is 0 Å². The van der Waals surface area contributed by atoms with Gasteiger partial charge in [0.15, 0.2) is 0 Å². The van der Waals surface area contributed by atoms with E-state index in [2.05, 4.69) is 19.2 Å². The monoisotopic (exact) mass is 268 g/mol. The van der Waals surface area contributed by atoms with Crippen LogP contribution in [0.1, 0.15) is 39.5 Å². The SMILES string of the molecule is COC[C@@H](NC(=O)N1C[C@H]2CCCC[C@H]2C1)C(C)C. The smallest absolute Gasteiger partial charge is 0.317 e. The summed E-state index contributed by atoms with van der Waals surface area (Å²) in [6.45, 7) is 6.73. The quantitative estimate of drug-likeness (QED) is 0.851. The lowest BCUT2D eigenvalue weighted by Crippen LogP contribution is -2.48. The van der Waals surface area contributed by atoms with Crippen LogP contribution in [0, 0.1) is 17.8 Å². The van der Waals surface area contributed by atoms with Crippen molar-refractivity contribution >= 4 is 6.03 Å². The van der Waals surface area contributed by atoms with Crippen molar-refractivity contribution in [3.05, 3.63) is 0 Å². The maximum atomic E-state index is 12.3. The van der Waals surface area contributed by atoms with Crippen LogP contribution in [0.25, 0.3) is 0 Å². The molecule has 2 fully saturated rings. The number of rotatable bonds is 4. The van der Waals surface area contributed by atoms with Crippen molar-refractivity contribution in [2.45, 2.75) is 45.6 Å². The lowest BCUT2D eigenvalue weighted by molar-refractivity contribution is 0.140. The molecule has 3 atom stereocenters. The second-order valence-corrected chi connectivity index (χ2v) is 6.46. The molecule has 0 aromatic carbocycles. The lowest BCUT2D eigenvalue weighted by Gasteiger charge is -2.25. The standard InChI is InChI=1S/C15H28N2O2/c1-11(2)14(10-19-3)16-15(18)17-8-12-6-4-5-7-13(12)9-17/h11-14H,4-10H2,1-3H3,(H,16,18)/t12-,13+,14-/m1/s1. The molecule has 0 radical (unpaired) electrons. The van der Waals surface area contributed by atoms with Crippen molar-refractivity contribution in [2.75, 3.05) is 26.8 Å². The molecular formula is C15H28N2O2. The lowest BCUT2D eigenvalue weighted by atomic mass is 9.82. The molecule has 1 aliphatic carbocycles. The average molecular weight is 268 g/mol. The van der Waals surface area contributed by atoms with Gasteiger partial charge >= 0.3 is 6.03 Å². The van der Waals surface area contributed by atoms with E-state index in [1.807, 2.05) is 4.90 Å². The zero-order valence-corrected chi connectivity index (χ0v) is 12.5. The van der Waals surface area contributed by atoms with Gasteiger partial charge in [-0.15, -0.1) is 0 Å². The van der Waals surface area contributed by atoms with E-state index >= 15 is 0 Å². The molecule has 4 heteroatoms. The molecule has 1 saturated carbocycles. The van der Waals surface area contributed by atoms with E-state index in [0.29, 0.717) is 12.5 Å². The highest BCUT2D eigenvalue weighted by Gasteiger charge is 2.36. The number of carbonyl (C=O) groups excluding carboxylic acids is 1. The number of likely N-dealkylation sites (tertiary alicyclic amines) is 1. The Morgan fingerprint density at radius 3 is 2.32 bits per heavy atom. The Morgan fingerprint density at radius 2 is 1.84 bits per heavy atom. The summed E-state index contributed by atoms with van der Waals surface area (Å²) in [5.41, 5.74) is 0. The number of nitrogens with one attached hydrogen (secondary N) is 1. The number of hydrogen-bond donors (Lipinski definition) is 1. The highest BCUT2D eigenvalue weighted by atomic mass is 16.5. The minimum atomic E-state index is 0.102. The Labute approximate surface area is 116 Å². The summed E-state index contributed by atoms with van der Waals surface area (Å²) < 4.78 is 5.19. The Bertz CT molecular complexity index is 293. The summed E-state index contributed by atoms with van der Waals surface area (Å²) in [5, 5.41) is 3.13. The fourth-order valence-corrected chi connectivity index (χ4v) is 3.40. The molecule has 110 valence electrons. The third-order valence-corrected chi connectivity index (χ3v) is 4.72. The zero-order chi connectivity index (χ0) is 13.8. The van der Waals surface area contributed by atoms with Crippen molar-refractivity contribution < 1.29 is 9.53 Å². The van der Waals surface area contributed by atoms with Crippen molar-refractivity contribution in [2.24, 2.45) is 17.8 Å². The van der Waals surface area contributed by atoms with Gasteiger partial charge in [-0.1, -0.05) is 26.7 Å². The number of urea groups is 1. The Balaban J connectivity index is 1.86. The summed E-state index contributed by atoms with van der Waals surface area (Å²) in [6.07, 6.45) is 5.30. The third kappa shape index (κ3) is 3.62.